The number of piperidine rings is 1. The molecule has 7 heteroatoms. The zero-order valence-electron chi connectivity index (χ0n) is 17.1. The molecule has 1 fully saturated rings. The monoisotopic (exact) mass is 409 g/mol. The predicted molar refractivity (Wildman–Crippen MR) is 113 cm³/mol. The van der Waals surface area contributed by atoms with Gasteiger partial charge in [0, 0.05) is 18.5 Å². The molecule has 1 aliphatic heterocycles. The second-order valence-corrected chi connectivity index (χ2v) is 7.86. The fraction of sp³-hybridized carbons (Fsp3) is 0.348. The lowest BCUT2D eigenvalue weighted by Crippen LogP contribution is -2.33. The number of aliphatic carboxylic acids is 1. The molecule has 6 nitrogen and oxygen atoms in total. The van der Waals surface area contributed by atoms with Gasteiger partial charge < -0.3 is 14.7 Å². The second-order valence-electron chi connectivity index (χ2n) is 7.86. The number of ether oxygens (including phenoxy) is 1. The van der Waals surface area contributed by atoms with Crippen LogP contribution in [0.1, 0.15) is 25.3 Å². The van der Waals surface area contributed by atoms with E-state index in [1.54, 1.807) is 0 Å². The summed E-state index contributed by atoms with van der Waals surface area (Å²) >= 11 is 0. The average Bonchev–Trinajstić information content (AvgIpc) is 2.72. The van der Waals surface area contributed by atoms with Gasteiger partial charge in [0.15, 0.2) is 12.4 Å². The van der Waals surface area contributed by atoms with Crippen LogP contribution in [0, 0.1) is 18.7 Å². The fourth-order valence-electron chi connectivity index (χ4n) is 3.78. The van der Waals surface area contributed by atoms with Gasteiger partial charge >= 0.3 is 5.97 Å². The summed E-state index contributed by atoms with van der Waals surface area (Å²) in [5.41, 5.74) is 1.84. The van der Waals surface area contributed by atoms with E-state index in [0.717, 1.165) is 48.2 Å². The van der Waals surface area contributed by atoms with Crippen molar-refractivity contribution in [2.24, 2.45) is 5.92 Å². The summed E-state index contributed by atoms with van der Waals surface area (Å²) in [6, 6.07) is 10.3. The Labute approximate surface area is 174 Å². The highest BCUT2D eigenvalue weighted by atomic mass is 19.1. The van der Waals surface area contributed by atoms with E-state index in [2.05, 4.69) is 16.8 Å². The number of nitrogens with zero attached hydrogens (tertiary/aromatic N) is 3. The van der Waals surface area contributed by atoms with Crippen LogP contribution in [-0.4, -0.2) is 40.7 Å². The van der Waals surface area contributed by atoms with E-state index in [0.29, 0.717) is 5.92 Å². The number of hydrogen-bond acceptors (Lipinski definition) is 5. The molecule has 0 unspecified atom stereocenters. The summed E-state index contributed by atoms with van der Waals surface area (Å²) in [7, 11) is 0. The van der Waals surface area contributed by atoms with Crippen molar-refractivity contribution in [3.8, 4) is 17.1 Å². The highest BCUT2D eigenvalue weighted by Gasteiger charge is 2.23. The molecule has 0 atom stereocenters. The molecule has 0 radical (unpaired) electrons. The van der Waals surface area contributed by atoms with Crippen molar-refractivity contribution in [3.05, 3.63) is 47.8 Å². The zero-order valence-corrected chi connectivity index (χ0v) is 17.1. The van der Waals surface area contributed by atoms with E-state index in [-0.39, 0.29) is 17.1 Å². The first-order valence-corrected chi connectivity index (χ1v) is 10.1. The number of hydrogen-bond donors (Lipinski definition) is 1. The van der Waals surface area contributed by atoms with Gasteiger partial charge in [-0.05, 0) is 55.5 Å². The molecule has 0 spiro atoms. The standard InChI is InChI=1S/C23H24FN3O3/c1-14-8-10-27(11-9-14)23-16-7-6-15(2)12-18(16)25-22(26-23)21-17(24)4-3-5-19(21)30-13-20(28)29/h3-7,12,14H,8-11,13H2,1-2H3,(H,28,29). The van der Waals surface area contributed by atoms with Crippen molar-refractivity contribution in [1.29, 1.82) is 0 Å². The van der Waals surface area contributed by atoms with Crippen LogP contribution in [0.2, 0.25) is 0 Å². The molecule has 4 rings (SSSR count). The highest BCUT2D eigenvalue weighted by Crippen LogP contribution is 2.35. The molecule has 3 aromatic rings. The van der Waals surface area contributed by atoms with Crippen LogP contribution in [0.4, 0.5) is 10.2 Å². The smallest absolute Gasteiger partial charge is 0.341 e. The maximum Gasteiger partial charge on any atom is 0.341 e. The molecule has 1 aromatic heterocycles. The van der Waals surface area contributed by atoms with Gasteiger partial charge in [-0.3, -0.25) is 0 Å². The van der Waals surface area contributed by atoms with Crippen molar-refractivity contribution in [3.63, 3.8) is 0 Å². The topological polar surface area (TPSA) is 75.6 Å². The van der Waals surface area contributed by atoms with Crippen LogP contribution < -0.4 is 9.64 Å². The van der Waals surface area contributed by atoms with Gasteiger partial charge in [0.1, 0.15) is 17.4 Å². The van der Waals surface area contributed by atoms with Crippen molar-refractivity contribution >= 4 is 22.7 Å². The molecule has 2 aromatic carbocycles. The highest BCUT2D eigenvalue weighted by molar-refractivity contribution is 5.92. The first kappa shape index (κ1) is 20.1. The van der Waals surface area contributed by atoms with Crippen LogP contribution >= 0.6 is 0 Å². The Morgan fingerprint density at radius 2 is 2.00 bits per heavy atom. The molecule has 1 aliphatic rings. The van der Waals surface area contributed by atoms with Crippen LogP contribution in [0.5, 0.6) is 5.75 Å². The molecule has 0 amide bonds. The van der Waals surface area contributed by atoms with Crippen LogP contribution in [0.3, 0.4) is 0 Å². The van der Waals surface area contributed by atoms with Crippen molar-refractivity contribution in [2.75, 3.05) is 24.6 Å². The molecule has 0 bridgehead atoms. The van der Waals surface area contributed by atoms with E-state index in [1.807, 2.05) is 25.1 Å². The normalized spacial score (nSPS) is 14.8. The number of aromatic nitrogens is 2. The molecular formula is C23H24FN3O3. The van der Waals surface area contributed by atoms with Gasteiger partial charge in [0.2, 0.25) is 0 Å². The van der Waals surface area contributed by atoms with Crippen LogP contribution in [-0.2, 0) is 4.79 Å². The Balaban J connectivity index is 1.87. The summed E-state index contributed by atoms with van der Waals surface area (Å²) in [6.07, 6.45) is 2.14. The molecule has 1 N–H and O–H groups in total. The maximum absolute atomic E-state index is 14.8. The summed E-state index contributed by atoms with van der Waals surface area (Å²) in [5.74, 6) is 0.0577. The molecule has 0 saturated carbocycles. The van der Waals surface area contributed by atoms with Crippen LogP contribution in [0.25, 0.3) is 22.3 Å². The summed E-state index contributed by atoms with van der Waals surface area (Å²) < 4.78 is 20.2. The Kier molecular flexibility index (Phi) is 5.53. The van der Waals surface area contributed by atoms with Gasteiger partial charge in [-0.1, -0.05) is 19.1 Å². The molecular weight excluding hydrogens is 385 g/mol. The van der Waals surface area contributed by atoms with Gasteiger partial charge in [-0.15, -0.1) is 0 Å². The lowest BCUT2D eigenvalue weighted by atomic mass is 9.99. The zero-order chi connectivity index (χ0) is 21.3. The van der Waals surface area contributed by atoms with Crippen LogP contribution in [0.15, 0.2) is 36.4 Å². The number of aryl methyl sites for hydroxylation is 1. The minimum atomic E-state index is -1.14. The van der Waals surface area contributed by atoms with Crippen molar-refractivity contribution in [2.45, 2.75) is 26.7 Å². The largest absolute Gasteiger partial charge is 0.481 e. The fourth-order valence-corrected chi connectivity index (χ4v) is 3.78. The predicted octanol–water partition coefficient (Wildman–Crippen LogP) is 4.44. The first-order valence-electron chi connectivity index (χ1n) is 10.1. The number of carboxylic acids is 1. The number of halogens is 1. The first-order chi connectivity index (χ1) is 14.4. The van der Waals surface area contributed by atoms with E-state index in [4.69, 9.17) is 14.8 Å². The lowest BCUT2D eigenvalue weighted by Gasteiger charge is -2.32. The van der Waals surface area contributed by atoms with Crippen molar-refractivity contribution < 1.29 is 19.0 Å². The number of carboxylic acid groups (broad SMARTS) is 1. The number of anilines is 1. The van der Waals surface area contributed by atoms with E-state index >= 15 is 0 Å². The summed E-state index contributed by atoms with van der Waals surface area (Å²) in [4.78, 5) is 22.5. The van der Waals surface area contributed by atoms with E-state index < -0.39 is 18.4 Å². The van der Waals surface area contributed by atoms with Gasteiger partial charge in [-0.2, -0.15) is 0 Å². The van der Waals surface area contributed by atoms with Gasteiger partial charge in [-0.25, -0.2) is 19.2 Å². The minimum absolute atomic E-state index is 0.0776. The average molecular weight is 409 g/mol. The van der Waals surface area contributed by atoms with Gasteiger partial charge in [0.05, 0.1) is 11.1 Å². The number of fused-ring (bicyclic) bond motifs is 1. The Morgan fingerprint density at radius 1 is 1.23 bits per heavy atom. The Morgan fingerprint density at radius 3 is 2.73 bits per heavy atom. The quantitative estimate of drug-likeness (QED) is 0.671. The lowest BCUT2D eigenvalue weighted by molar-refractivity contribution is -0.139. The second kappa shape index (κ2) is 8.26. The Bertz CT molecular complexity index is 1090. The molecule has 2 heterocycles. The third-order valence-electron chi connectivity index (χ3n) is 5.47. The summed E-state index contributed by atoms with van der Waals surface area (Å²) in [5, 5.41) is 9.88. The van der Waals surface area contributed by atoms with E-state index in [1.165, 1.54) is 18.2 Å². The van der Waals surface area contributed by atoms with Crippen molar-refractivity contribution in [1.82, 2.24) is 9.97 Å². The minimum Gasteiger partial charge on any atom is -0.481 e. The Hall–Kier alpha value is -3.22. The SMILES string of the molecule is Cc1ccc2c(N3CCC(C)CC3)nc(-c3c(F)cccc3OCC(=O)O)nc2c1. The summed E-state index contributed by atoms with van der Waals surface area (Å²) in [6.45, 7) is 5.41. The number of benzene rings is 2. The molecule has 30 heavy (non-hydrogen) atoms. The number of carbonyl (C=O) groups is 1. The number of rotatable bonds is 5. The third-order valence-corrected chi connectivity index (χ3v) is 5.47. The molecule has 0 aliphatic carbocycles. The molecule has 1 saturated heterocycles. The maximum atomic E-state index is 14.8. The van der Waals surface area contributed by atoms with E-state index in [9.17, 15) is 9.18 Å². The van der Waals surface area contributed by atoms with Gasteiger partial charge in [0.25, 0.3) is 0 Å². The third kappa shape index (κ3) is 4.06. The molecule has 156 valence electrons.